The Morgan fingerprint density at radius 3 is 2.35 bits per heavy atom. The molecule has 0 N–H and O–H groups in total. The molecule has 1 aliphatic heterocycles. The molecule has 0 saturated carbocycles. The van der Waals surface area contributed by atoms with Crippen LogP contribution in [-0.4, -0.2) is 23.2 Å². The molecular formula is C18H12BrCl2NO3S. The molecule has 0 atom stereocenters. The van der Waals surface area contributed by atoms with E-state index in [9.17, 15) is 9.59 Å². The molecule has 3 rings (SSSR count). The zero-order chi connectivity index (χ0) is 18.8. The van der Waals surface area contributed by atoms with E-state index in [0.717, 1.165) is 21.8 Å². The Bertz CT molecular complexity index is 892. The number of methoxy groups -OCH3 is 1. The number of hydrogen-bond acceptors (Lipinski definition) is 4. The molecule has 1 saturated heterocycles. The highest BCUT2D eigenvalue weighted by atomic mass is 79.9. The SMILES string of the molecule is COc1c(Cl)cc(/C=C2\SC(=O)N(Cc3ccc(Br)cc3)C2=O)cc1Cl. The molecule has 0 bridgehead atoms. The number of hydrogen-bond donors (Lipinski definition) is 0. The Labute approximate surface area is 173 Å². The lowest BCUT2D eigenvalue weighted by Gasteiger charge is -2.12. The largest absolute Gasteiger partial charge is 0.494 e. The summed E-state index contributed by atoms with van der Waals surface area (Å²) in [4.78, 5) is 26.4. The number of carbonyl (C=O) groups is 2. The van der Waals surface area contributed by atoms with E-state index in [4.69, 9.17) is 27.9 Å². The van der Waals surface area contributed by atoms with Crippen LogP contribution in [0.15, 0.2) is 45.8 Å². The molecule has 0 radical (unpaired) electrons. The second-order valence-electron chi connectivity index (χ2n) is 5.41. The van der Waals surface area contributed by atoms with Crippen LogP contribution in [0.2, 0.25) is 10.0 Å². The van der Waals surface area contributed by atoms with Crippen molar-refractivity contribution in [2.45, 2.75) is 6.54 Å². The topological polar surface area (TPSA) is 46.6 Å². The van der Waals surface area contributed by atoms with Gasteiger partial charge in [0.15, 0.2) is 5.75 Å². The lowest BCUT2D eigenvalue weighted by Crippen LogP contribution is -2.27. The van der Waals surface area contributed by atoms with E-state index in [1.54, 1.807) is 18.2 Å². The van der Waals surface area contributed by atoms with E-state index in [1.807, 2.05) is 24.3 Å². The van der Waals surface area contributed by atoms with E-state index in [-0.39, 0.29) is 17.7 Å². The quantitative estimate of drug-likeness (QED) is 0.512. The van der Waals surface area contributed by atoms with Gasteiger partial charge in [0.2, 0.25) is 0 Å². The third-order valence-electron chi connectivity index (χ3n) is 3.65. The Balaban J connectivity index is 1.84. The molecular weight excluding hydrogens is 461 g/mol. The maximum Gasteiger partial charge on any atom is 0.293 e. The number of carbonyl (C=O) groups excluding carboxylic acids is 2. The molecule has 0 spiro atoms. The first-order valence-electron chi connectivity index (χ1n) is 7.42. The summed E-state index contributed by atoms with van der Waals surface area (Å²) in [6.45, 7) is 0.222. The van der Waals surface area contributed by atoms with Gasteiger partial charge in [0.25, 0.3) is 11.1 Å². The number of nitrogens with zero attached hydrogens (tertiary/aromatic N) is 1. The predicted octanol–water partition coefficient (Wildman–Crippen LogP) is 6.00. The molecule has 1 heterocycles. The van der Waals surface area contributed by atoms with E-state index in [0.29, 0.717) is 26.3 Å². The minimum atomic E-state index is -0.342. The average Bonchev–Trinajstić information content (AvgIpc) is 2.84. The second-order valence-corrected chi connectivity index (χ2v) is 8.14. The van der Waals surface area contributed by atoms with Gasteiger partial charge in [-0.2, -0.15) is 0 Å². The van der Waals surface area contributed by atoms with Gasteiger partial charge in [-0.25, -0.2) is 0 Å². The zero-order valence-corrected chi connectivity index (χ0v) is 17.4. The van der Waals surface area contributed by atoms with Gasteiger partial charge in [0, 0.05) is 4.47 Å². The van der Waals surface area contributed by atoms with Crippen LogP contribution < -0.4 is 4.74 Å². The average molecular weight is 473 g/mol. The Morgan fingerprint density at radius 1 is 1.15 bits per heavy atom. The molecule has 0 aliphatic carbocycles. The van der Waals surface area contributed by atoms with Gasteiger partial charge in [0.1, 0.15) is 0 Å². The molecule has 0 unspecified atom stereocenters. The molecule has 1 fully saturated rings. The van der Waals surface area contributed by atoms with Crippen LogP contribution in [0.4, 0.5) is 4.79 Å². The summed E-state index contributed by atoms with van der Waals surface area (Å²) in [6.07, 6.45) is 1.60. The van der Waals surface area contributed by atoms with Crippen molar-refractivity contribution in [3.05, 3.63) is 66.9 Å². The maximum absolute atomic E-state index is 12.6. The predicted molar refractivity (Wildman–Crippen MR) is 109 cm³/mol. The smallest absolute Gasteiger partial charge is 0.293 e. The van der Waals surface area contributed by atoms with Gasteiger partial charge in [-0.1, -0.05) is 51.3 Å². The molecule has 8 heteroatoms. The van der Waals surface area contributed by atoms with Crippen LogP contribution in [0.1, 0.15) is 11.1 Å². The third-order valence-corrected chi connectivity index (χ3v) is 5.65. The van der Waals surface area contributed by atoms with E-state index < -0.39 is 0 Å². The van der Waals surface area contributed by atoms with Gasteiger partial charge < -0.3 is 4.74 Å². The lowest BCUT2D eigenvalue weighted by atomic mass is 10.2. The Hall–Kier alpha value is -1.47. The highest BCUT2D eigenvalue weighted by Crippen LogP contribution is 2.37. The number of benzene rings is 2. The van der Waals surface area contributed by atoms with Crippen molar-refractivity contribution in [2.24, 2.45) is 0 Å². The highest BCUT2D eigenvalue weighted by Gasteiger charge is 2.35. The molecule has 2 aromatic rings. The fourth-order valence-corrected chi connectivity index (χ4v) is 4.18. The summed E-state index contributed by atoms with van der Waals surface area (Å²) in [5.41, 5.74) is 1.49. The van der Waals surface area contributed by atoms with Crippen LogP contribution in [0.3, 0.4) is 0 Å². The molecule has 4 nitrogen and oxygen atoms in total. The highest BCUT2D eigenvalue weighted by molar-refractivity contribution is 9.10. The first kappa shape index (κ1) is 19.3. The van der Waals surface area contributed by atoms with Crippen LogP contribution >= 0.6 is 50.9 Å². The van der Waals surface area contributed by atoms with E-state index in [2.05, 4.69) is 15.9 Å². The van der Waals surface area contributed by atoms with Gasteiger partial charge >= 0.3 is 0 Å². The van der Waals surface area contributed by atoms with Gasteiger partial charge in [-0.3, -0.25) is 14.5 Å². The molecule has 2 amide bonds. The minimum absolute atomic E-state index is 0.222. The lowest BCUT2D eigenvalue weighted by molar-refractivity contribution is -0.123. The molecule has 2 aromatic carbocycles. The van der Waals surface area contributed by atoms with Crippen molar-refractivity contribution in [2.75, 3.05) is 7.11 Å². The molecule has 1 aliphatic rings. The van der Waals surface area contributed by atoms with Crippen LogP contribution in [0.25, 0.3) is 6.08 Å². The van der Waals surface area contributed by atoms with Crippen molar-refractivity contribution in [3.63, 3.8) is 0 Å². The van der Waals surface area contributed by atoms with Crippen LogP contribution in [0, 0.1) is 0 Å². The summed E-state index contributed by atoms with van der Waals surface area (Å²) in [5, 5.41) is 0.357. The van der Waals surface area contributed by atoms with Crippen molar-refractivity contribution in [1.82, 2.24) is 4.90 Å². The number of amides is 2. The first-order valence-corrected chi connectivity index (χ1v) is 9.78. The summed E-state index contributed by atoms with van der Waals surface area (Å²) in [7, 11) is 1.47. The molecule has 26 heavy (non-hydrogen) atoms. The van der Waals surface area contributed by atoms with Gasteiger partial charge in [-0.15, -0.1) is 0 Å². The monoisotopic (exact) mass is 471 g/mol. The van der Waals surface area contributed by atoms with Crippen molar-refractivity contribution in [1.29, 1.82) is 0 Å². The summed E-state index contributed by atoms with van der Waals surface area (Å²) in [5.74, 6) is 0.0276. The normalized spacial score (nSPS) is 15.8. The maximum atomic E-state index is 12.6. The van der Waals surface area contributed by atoms with Gasteiger partial charge in [0.05, 0.1) is 28.6 Å². The Kier molecular flexibility index (Phi) is 5.97. The fraction of sp³-hybridized carbons (Fsp3) is 0.111. The van der Waals surface area contributed by atoms with E-state index in [1.165, 1.54) is 12.0 Å². The van der Waals surface area contributed by atoms with Gasteiger partial charge in [-0.05, 0) is 53.2 Å². The first-order chi connectivity index (χ1) is 12.4. The van der Waals surface area contributed by atoms with Crippen molar-refractivity contribution < 1.29 is 14.3 Å². The molecule has 0 aromatic heterocycles. The second kappa shape index (κ2) is 8.05. The number of imide groups is 1. The third kappa shape index (κ3) is 4.09. The summed E-state index contributed by atoms with van der Waals surface area (Å²) in [6, 6.07) is 10.7. The van der Waals surface area contributed by atoms with E-state index >= 15 is 0 Å². The number of ether oxygens (including phenoxy) is 1. The summed E-state index contributed by atoms with van der Waals surface area (Å²) >= 11 is 16.5. The van der Waals surface area contributed by atoms with Crippen LogP contribution in [-0.2, 0) is 11.3 Å². The minimum Gasteiger partial charge on any atom is -0.494 e. The van der Waals surface area contributed by atoms with Crippen molar-refractivity contribution in [3.8, 4) is 5.75 Å². The molecule has 134 valence electrons. The fourth-order valence-electron chi connectivity index (χ4n) is 2.42. The van der Waals surface area contributed by atoms with Crippen molar-refractivity contribution >= 4 is 68.1 Å². The number of rotatable bonds is 4. The number of halogens is 3. The standard InChI is InChI=1S/C18H12BrCl2NO3S/c1-25-16-13(20)6-11(7-14(16)21)8-15-17(23)22(18(24)26-15)9-10-2-4-12(19)5-3-10/h2-8H,9H2,1H3/b15-8-. The van der Waals surface area contributed by atoms with Crippen LogP contribution in [0.5, 0.6) is 5.75 Å². The Morgan fingerprint density at radius 2 is 1.77 bits per heavy atom. The summed E-state index contributed by atoms with van der Waals surface area (Å²) < 4.78 is 6.04. The number of thioether (sulfide) groups is 1. The zero-order valence-electron chi connectivity index (χ0n) is 13.5.